The van der Waals surface area contributed by atoms with Crippen LogP contribution >= 0.6 is 0 Å². The van der Waals surface area contributed by atoms with Crippen molar-refractivity contribution in [2.24, 2.45) is 7.05 Å². The van der Waals surface area contributed by atoms with Crippen molar-refractivity contribution in [2.75, 3.05) is 26.2 Å². The van der Waals surface area contributed by atoms with Gasteiger partial charge in [-0.1, -0.05) is 0 Å². The van der Waals surface area contributed by atoms with Gasteiger partial charge in [0.15, 0.2) is 0 Å². The normalized spacial score (nSPS) is 19.8. The molecule has 0 radical (unpaired) electrons. The Labute approximate surface area is 177 Å². The first kappa shape index (κ1) is 22.1. The maximum atomic E-state index is 13.6. The van der Waals surface area contributed by atoms with Gasteiger partial charge < -0.3 is 19.4 Å². The SMILES string of the molecule is CCOC(=O)N1CCC(N(Cc2cc(C)nn2C)C(=O)[C@@H]2CCCN2C(C)=O)CC1. The Morgan fingerprint density at radius 3 is 2.47 bits per heavy atom. The van der Waals surface area contributed by atoms with E-state index in [1.54, 1.807) is 21.4 Å². The number of ether oxygens (including phenoxy) is 1. The van der Waals surface area contributed by atoms with E-state index in [0.29, 0.717) is 52.0 Å². The lowest BCUT2D eigenvalue weighted by atomic mass is 10.0. The molecular formula is C21H33N5O4. The number of carbonyl (C=O) groups excluding carboxylic acids is 3. The van der Waals surface area contributed by atoms with Crippen molar-refractivity contribution in [1.82, 2.24) is 24.5 Å². The van der Waals surface area contributed by atoms with E-state index in [4.69, 9.17) is 4.74 Å². The van der Waals surface area contributed by atoms with Gasteiger partial charge in [0.05, 0.1) is 24.5 Å². The number of hydrogen-bond acceptors (Lipinski definition) is 5. The van der Waals surface area contributed by atoms with E-state index in [1.165, 1.54) is 6.92 Å². The first-order valence-corrected chi connectivity index (χ1v) is 10.8. The molecule has 0 unspecified atom stereocenters. The highest BCUT2D eigenvalue weighted by Crippen LogP contribution is 2.26. The molecule has 0 saturated carbocycles. The van der Waals surface area contributed by atoms with Gasteiger partial charge in [0.25, 0.3) is 0 Å². The number of aromatic nitrogens is 2. The Morgan fingerprint density at radius 1 is 1.20 bits per heavy atom. The molecule has 3 heterocycles. The molecule has 2 saturated heterocycles. The van der Waals surface area contributed by atoms with Crippen molar-refractivity contribution in [3.05, 3.63) is 17.5 Å². The summed E-state index contributed by atoms with van der Waals surface area (Å²) in [7, 11) is 1.88. The fourth-order valence-electron chi connectivity index (χ4n) is 4.54. The predicted octanol–water partition coefficient (Wildman–Crippen LogP) is 1.69. The van der Waals surface area contributed by atoms with Gasteiger partial charge in [0, 0.05) is 39.6 Å². The van der Waals surface area contributed by atoms with Crippen molar-refractivity contribution in [1.29, 1.82) is 0 Å². The molecule has 9 nitrogen and oxygen atoms in total. The molecule has 0 aromatic carbocycles. The third kappa shape index (κ3) is 4.76. The molecule has 0 N–H and O–H groups in total. The van der Waals surface area contributed by atoms with E-state index < -0.39 is 6.04 Å². The Morgan fingerprint density at radius 2 is 1.90 bits per heavy atom. The Bertz CT molecular complexity index is 784. The summed E-state index contributed by atoms with van der Waals surface area (Å²) in [6, 6.07) is 1.60. The number of hydrogen-bond donors (Lipinski definition) is 0. The van der Waals surface area contributed by atoms with E-state index in [-0.39, 0.29) is 23.9 Å². The molecule has 2 fully saturated rings. The average molecular weight is 420 g/mol. The van der Waals surface area contributed by atoms with Gasteiger partial charge in [-0.2, -0.15) is 5.10 Å². The Hall–Kier alpha value is -2.58. The van der Waals surface area contributed by atoms with E-state index in [0.717, 1.165) is 17.8 Å². The topological polar surface area (TPSA) is 88.0 Å². The van der Waals surface area contributed by atoms with Crippen LogP contribution in [0.15, 0.2) is 6.07 Å². The maximum absolute atomic E-state index is 13.6. The van der Waals surface area contributed by atoms with Gasteiger partial charge in [-0.05, 0) is 45.6 Å². The van der Waals surface area contributed by atoms with Gasteiger partial charge in [0.1, 0.15) is 6.04 Å². The third-order valence-corrected chi connectivity index (χ3v) is 6.09. The summed E-state index contributed by atoms with van der Waals surface area (Å²) in [5.41, 5.74) is 1.87. The molecule has 166 valence electrons. The van der Waals surface area contributed by atoms with Crippen LogP contribution in [0.2, 0.25) is 0 Å². The van der Waals surface area contributed by atoms with Crippen molar-refractivity contribution in [3.8, 4) is 0 Å². The second kappa shape index (κ2) is 9.49. The minimum absolute atomic E-state index is 0.00358. The van der Waals surface area contributed by atoms with Gasteiger partial charge in [-0.3, -0.25) is 14.3 Å². The molecule has 9 heteroatoms. The molecule has 2 aliphatic rings. The highest BCUT2D eigenvalue weighted by molar-refractivity contribution is 5.87. The summed E-state index contributed by atoms with van der Waals surface area (Å²) < 4.78 is 6.92. The summed E-state index contributed by atoms with van der Waals surface area (Å²) in [5, 5.41) is 4.41. The second-order valence-corrected chi connectivity index (χ2v) is 8.15. The van der Waals surface area contributed by atoms with Crippen LogP contribution in [0.4, 0.5) is 4.79 Å². The molecule has 0 aliphatic carbocycles. The number of aryl methyl sites for hydroxylation is 2. The Balaban J connectivity index is 1.78. The maximum Gasteiger partial charge on any atom is 0.409 e. The van der Waals surface area contributed by atoms with Gasteiger partial charge in [-0.15, -0.1) is 0 Å². The smallest absolute Gasteiger partial charge is 0.409 e. The van der Waals surface area contributed by atoms with E-state index in [9.17, 15) is 14.4 Å². The fourth-order valence-corrected chi connectivity index (χ4v) is 4.54. The first-order valence-electron chi connectivity index (χ1n) is 10.8. The van der Waals surface area contributed by atoms with Crippen molar-refractivity contribution in [3.63, 3.8) is 0 Å². The van der Waals surface area contributed by atoms with Crippen molar-refractivity contribution >= 4 is 17.9 Å². The molecule has 1 aromatic rings. The number of amides is 3. The van der Waals surface area contributed by atoms with E-state index >= 15 is 0 Å². The summed E-state index contributed by atoms with van der Waals surface area (Å²) >= 11 is 0. The van der Waals surface area contributed by atoms with Crippen LogP contribution in [0.5, 0.6) is 0 Å². The predicted molar refractivity (Wildman–Crippen MR) is 111 cm³/mol. The van der Waals surface area contributed by atoms with Crippen LogP contribution < -0.4 is 0 Å². The number of likely N-dealkylation sites (tertiary alicyclic amines) is 2. The first-order chi connectivity index (χ1) is 14.3. The summed E-state index contributed by atoms with van der Waals surface area (Å²) in [6.45, 7) is 7.79. The lowest BCUT2D eigenvalue weighted by Gasteiger charge is -2.40. The average Bonchev–Trinajstić information content (AvgIpc) is 3.32. The number of carbonyl (C=O) groups is 3. The quantitative estimate of drug-likeness (QED) is 0.725. The summed E-state index contributed by atoms with van der Waals surface area (Å²) in [5.74, 6) is -0.0598. The standard InChI is InChI=1S/C21H33N5O4/c1-5-30-21(29)24-11-8-17(9-12-24)26(14-18-13-15(2)22-23(18)4)20(28)19-7-6-10-25(19)16(3)27/h13,17,19H,5-12,14H2,1-4H3/t19-/m0/s1. The minimum Gasteiger partial charge on any atom is -0.450 e. The highest BCUT2D eigenvalue weighted by Gasteiger charge is 2.39. The molecule has 2 aliphatic heterocycles. The zero-order valence-electron chi connectivity index (χ0n) is 18.5. The van der Waals surface area contributed by atoms with Gasteiger partial charge >= 0.3 is 6.09 Å². The van der Waals surface area contributed by atoms with Crippen LogP contribution in [0.25, 0.3) is 0 Å². The van der Waals surface area contributed by atoms with Crippen molar-refractivity contribution in [2.45, 2.75) is 65.1 Å². The molecule has 0 spiro atoms. The van der Waals surface area contributed by atoms with Crippen LogP contribution in [0.3, 0.4) is 0 Å². The van der Waals surface area contributed by atoms with Crippen molar-refractivity contribution < 1.29 is 19.1 Å². The van der Waals surface area contributed by atoms with Crippen LogP contribution in [-0.2, 0) is 27.9 Å². The molecule has 3 amide bonds. The fraction of sp³-hybridized carbons (Fsp3) is 0.714. The third-order valence-electron chi connectivity index (χ3n) is 6.09. The number of piperidine rings is 1. The molecule has 30 heavy (non-hydrogen) atoms. The summed E-state index contributed by atoms with van der Waals surface area (Å²) in [6.07, 6.45) is 2.62. The highest BCUT2D eigenvalue weighted by atomic mass is 16.6. The van der Waals surface area contributed by atoms with E-state index in [2.05, 4.69) is 5.10 Å². The molecular weight excluding hydrogens is 386 g/mol. The minimum atomic E-state index is -0.403. The second-order valence-electron chi connectivity index (χ2n) is 8.15. The molecule has 1 atom stereocenters. The lowest BCUT2D eigenvalue weighted by molar-refractivity contribution is -0.145. The van der Waals surface area contributed by atoms with Crippen LogP contribution in [-0.4, -0.2) is 80.7 Å². The Kier molecular flexibility index (Phi) is 6.99. The zero-order chi connectivity index (χ0) is 21.8. The largest absolute Gasteiger partial charge is 0.450 e. The molecule has 1 aromatic heterocycles. The van der Waals surface area contributed by atoms with E-state index in [1.807, 2.05) is 24.9 Å². The summed E-state index contributed by atoms with van der Waals surface area (Å²) in [4.78, 5) is 43.0. The van der Waals surface area contributed by atoms with Gasteiger partial charge in [-0.25, -0.2) is 4.79 Å². The molecule has 0 bridgehead atoms. The monoisotopic (exact) mass is 419 g/mol. The lowest BCUT2D eigenvalue weighted by Crippen LogP contribution is -2.53. The van der Waals surface area contributed by atoms with Crippen LogP contribution in [0, 0.1) is 6.92 Å². The van der Waals surface area contributed by atoms with Crippen LogP contribution in [0.1, 0.15) is 50.9 Å². The number of nitrogens with zero attached hydrogens (tertiary/aromatic N) is 5. The zero-order valence-corrected chi connectivity index (χ0v) is 18.5. The number of rotatable bonds is 5. The molecule has 3 rings (SSSR count). The van der Waals surface area contributed by atoms with Gasteiger partial charge in [0.2, 0.25) is 11.8 Å².